The van der Waals surface area contributed by atoms with Crippen molar-refractivity contribution in [1.29, 1.82) is 0 Å². The van der Waals surface area contributed by atoms with Crippen molar-refractivity contribution < 1.29 is 9.90 Å². The van der Waals surface area contributed by atoms with Crippen LogP contribution < -0.4 is 0 Å². The molecule has 0 aliphatic heterocycles. The Balaban J connectivity index is 1.67. The Bertz CT molecular complexity index is 1690. The van der Waals surface area contributed by atoms with Crippen molar-refractivity contribution in [2.45, 2.75) is 13.3 Å². The molecule has 0 radical (unpaired) electrons. The van der Waals surface area contributed by atoms with Crippen LogP contribution in [-0.4, -0.2) is 11.1 Å². The monoisotopic (exact) mass is 400 g/mol. The van der Waals surface area contributed by atoms with Gasteiger partial charge in [-0.1, -0.05) is 43.3 Å². The van der Waals surface area contributed by atoms with Gasteiger partial charge in [-0.15, -0.1) is 0 Å². The summed E-state index contributed by atoms with van der Waals surface area (Å²) in [5.41, 5.74) is 1.30. The van der Waals surface area contributed by atoms with Crippen LogP contribution in [0, 0.1) is 0 Å². The van der Waals surface area contributed by atoms with Crippen LogP contribution in [0.4, 0.5) is 0 Å². The summed E-state index contributed by atoms with van der Waals surface area (Å²) < 4.78 is 0. The highest BCUT2D eigenvalue weighted by atomic mass is 16.4. The molecule has 6 aromatic rings. The first kappa shape index (κ1) is 17.9. The SMILES string of the molecule is CCc1ccc2cc3cc4cc5cc6ccccc6cc5cc4cc3cc2c1C(=O)O. The summed E-state index contributed by atoms with van der Waals surface area (Å²) >= 11 is 0. The summed E-state index contributed by atoms with van der Waals surface area (Å²) in [7, 11) is 0. The molecule has 148 valence electrons. The molecule has 0 amide bonds. The van der Waals surface area contributed by atoms with Crippen LogP contribution in [-0.2, 0) is 6.42 Å². The lowest BCUT2D eigenvalue weighted by Crippen LogP contribution is -2.03. The van der Waals surface area contributed by atoms with Crippen LogP contribution >= 0.6 is 0 Å². The summed E-state index contributed by atoms with van der Waals surface area (Å²) in [4.78, 5) is 12.0. The van der Waals surface area contributed by atoms with Crippen molar-refractivity contribution in [3.05, 3.63) is 96.1 Å². The van der Waals surface area contributed by atoms with Gasteiger partial charge in [0.05, 0.1) is 5.56 Å². The maximum atomic E-state index is 12.0. The van der Waals surface area contributed by atoms with Gasteiger partial charge in [-0.25, -0.2) is 4.79 Å². The molecule has 0 fully saturated rings. The van der Waals surface area contributed by atoms with Gasteiger partial charge in [0.1, 0.15) is 0 Å². The van der Waals surface area contributed by atoms with E-state index < -0.39 is 5.97 Å². The Hall–Kier alpha value is -3.91. The number of carboxylic acids is 1. The fourth-order valence-electron chi connectivity index (χ4n) is 4.86. The molecule has 0 unspecified atom stereocenters. The molecule has 31 heavy (non-hydrogen) atoms. The van der Waals surface area contributed by atoms with Crippen LogP contribution in [0.2, 0.25) is 0 Å². The third-order valence-corrected chi connectivity index (χ3v) is 6.43. The maximum Gasteiger partial charge on any atom is 0.336 e. The summed E-state index contributed by atoms with van der Waals surface area (Å²) in [6.07, 6.45) is 0.702. The molecule has 6 aromatic carbocycles. The van der Waals surface area contributed by atoms with E-state index in [9.17, 15) is 9.90 Å². The molecule has 0 heterocycles. The molecule has 0 spiro atoms. The summed E-state index contributed by atoms with van der Waals surface area (Å²) in [5.74, 6) is -0.861. The van der Waals surface area contributed by atoms with E-state index in [1.54, 1.807) is 0 Å². The Labute approximate surface area is 179 Å². The first-order chi connectivity index (χ1) is 15.1. The van der Waals surface area contributed by atoms with Gasteiger partial charge < -0.3 is 5.11 Å². The zero-order valence-corrected chi connectivity index (χ0v) is 17.1. The predicted molar refractivity (Wildman–Crippen MR) is 130 cm³/mol. The Morgan fingerprint density at radius 2 is 1.06 bits per heavy atom. The second-order valence-corrected chi connectivity index (χ2v) is 8.28. The zero-order chi connectivity index (χ0) is 21.1. The lowest BCUT2D eigenvalue weighted by molar-refractivity contribution is 0.0698. The van der Waals surface area contributed by atoms with E-state index in [0.29, 0.717) is 12.0 Å². The van der Waals surface area contributed by atoms with Crippen molar-refractivity contribution in [2.24, 2.45) is 0 Å². The van der Waals surface area contributed by atoms with Gasteiger partial charge in [0.2, 0.25) is 0 Å². The van der Waals surface area contributed by atoms with E-state index in [-0.39, 0.29) is 0 Å². The topological polar surface area (TPSA) is 37.3 Å². The molecule has 0 aliphatic rings. The van der Waals surface area contributed by atoms with E-state index in [2.05, 4.69) is 66.7 Å². The minimum atomic E-state index is -0.861. The molecular formula is C29H20O2. The summed E-state index contributed by atoms with van der Waals surface area (Å²) in [6, 6.07) is 29.9. The third-order valence-electron chi connectivity index (χ3n) is 6.43. The van der Waals surface area contributed by atoms with Crippen molar-refractivity contribution >= 4 is 59.8 Å². The average Bonchev–Trinajstić information content (AvgIpc) is 2.77. The molecular weight excluding hydrogens is 380 g/mol. The van der Waals surface area contributed by atoms with Crippen LogP contribution in [0.25, 0.3) is 53.9 Å². The Morgan fingerprint density at radius 1 is 0.613 bits per heavy atom. The van der Waals surface area contributed by atoms with Crippen LogP contribution in [0.5, 0.6) is 0 Å². The van der Waals surface area contributed by atoms with Gasteiger partial charge in [-0.05, 0) is 114 Å². The quantitative estimate of drug-likeness (QED) is 0.302. The number of carbonyl (C=O) groups is 1. The lowest BCUT2D eigenvalue weighted by atomic mass is 9.93. The first-order valence-electron chi connectivity index (χ1n) is 10.6. The number of rotatable bonds is 2. The second kappa shape index (κ2) is 6.55. The zero-order valence-electron chi connectivity index (χ0n) is 17.1. The van der Waals surface area contributed by atoms with E-state index in [1.165, 1.54) is 26.9 Å². The van der Waals surface area contributed by atoms with E-state index in [1.807, 2.05) is 25.1 Å². The standard InChI is InChI=1S/C29H20O2/c1-2-17-7-8-20-11-23-14-24-12-21-9-18-5-3-4-6-19(18)10-22(21)13-25(24)15-26(23)16-27(20)28(17)29(30)31/h3-16H,2H2,1H3,(H,30,31). The van der Waals surface area contributed by atoms with Crippen molar-refractivity contribution in [3.63, 3.8) is 0 Å². The molecule has 1 N–H and O–H groups in total. The highest BCUT2D eigenvalue weighted by molar-refractivity contribution is 6.13. The number of fused-ring (bicyclic) bond motifs is 5. The third kappa shape index (κ3) is 2.76. The van der Waals surface area contributed by atoms with Crippen LogP contribution in [0.1, 0.15) is 22.8 Å². The van der Waals surface area contributed by atoms with Crippen molar-refractivity contribution in [3.8, 4) is 0 Å². The number of aromatic carboxylic acids is 1. The maximum absolute atomic E-state index is 12.0. The smallest absolute Gasteiger partial charge is 0.336 e. The molecule has 2 nitrogen and oxygen atoms in total. The van der Waals surface area contributed by atoms with Gasteiger partial charge in [0.25, 0.3) is 0 Å². The highest BCUT2D eigenvalue weighted by Crippen LogP contribution is 2.33. The molecule has 0 saturated heterocycles. The molecule has 0 atom stereocenters. The van der Waals surface area contributed by atoms with Gasteiger partial charge in [0.15, 0.2) is 0 Å². The molecule has 0 saturated carbocycles. The average molecular weight is 400 g/mol. The normalized spacial score (nSPS) is 11.8. The molecule has 6 rings (SSSR count). The second-order valence-electron chi connectivity index (χ2n) is 8.28. The van der Waals surface area contributed by atoms with Crippen molar-refractivity contribution in [1.82, 2.24) is 0 Å². The van der Waals surface area contributed by atoms with E-state index >= 15 is 0 Å². The van der Waals surface area contributed by atoms with Crippen LogP contribution in [0.3, 0.4) is 0 Å². The van der Waals surface area contributed by atoms with Crippen molar-refractivity contribution in [2.75, 3.05) is 0 Å². The van der Waals surface area contributed by atoms with E-state index in [0.717, 1.165) is 32.5 Å². The number of hydrogen-bond acceptors (Lipinski definition) is 1. The molecule has 0 bridgehead atoms. The number of aryl methyl sites for hydroxylation is 1. The minimum Gasteiger partial charge on any atom is -0.478 e. The number of carboxylic acid groups (broad SMARTS) is 1. The lowest BCUT2D eigenvalue weighted by Gasteiger charge is -2.11. The Morgan fingerprint density at radius 3 is 1.55 bits per heavy atom. The number of benzene rings is 6. The highest BCUT2D eigenvalue weighted by Gasteiger charge is 2.14. The van der Waals surface area contributed by atoms with Gasteiger partial charge in [-0.3, -0.25) is 0 Å². The molecule has 0 aliphatic carbocycles. The van der Waals surface area contributed by atoms with Gasteiger partial charge in [0, 0.05) is 0 Å². The molecule has 2 heteroatoms. The predicted octanol–water partition coefficient (Wildman–Crippen LogP) is 7.71. The van der Waals surface area contributed by atoms with Gasteiger partial charge >= 0.3 is 5.97 Å². The largest absolute Gasteiger partial charge is 0.478 e. The fourth-order valence-corrected chi connectivity index (χ4v) is 4.86. The van der Waals surface area contributed by atoms with E-state index in [4.69, 9.17) is 0 Å². The minimum absolute atomic E-state index is 0.423. The Kier molecular flexibility index (Phi) is 3.78. The molecule has 0 aromatic heterocycles. The number of hydrogen-bond donors (Lipinski definition) is 1. The summed E-state index contributed by atoms with van der Waals surface area (Å²) in [6.45, 7) is 2.00. The fraction of sp³-hybridized carbons (Fsp3) is 0.0690. The van der Waals surface area contributed by atoms with Gasteiger partial charge in [-0.2, -0.15) is 0 Å². The van der Waals surface area contributed by atoms with Crippen LogP contribution in [0.15, 0.2) is 84.9 Å². The summed E-state index contributed by atoms with van der Waals surface area (Å²) in [5, 5.41) is 21.1. The first-order valence-corrected chi connectivity index (χ1v) is 10.6.